The van der Waals surface area contributed by atoms with Crippen molar-refractivity contribution in [2.24, 2.45) is 11.0 Å². The van der Waals surface area contributed by atoms with Crippen LogP contribution in [0.15, 0.2) is 53.6 Å². The minimum Gasteiger partial charge on any atom is -0.495 e. The molecule has 2 heterocycles. The molecular formula is C20H16ClN3O4. The molecule has 2 aliphatic heterocycles. The fraction of sp³-hybridized carbons (Fsp3) is 0.200. The number of para-hydroxylation sites is 2. The minimum absolute atomic E-state index is 0.0562. The van der Waals surface area contributed by atoms with E-state index >= 15 is 0 Å². The van der Waals surface area contributed by atoms with Crippen LogP contribution in [0.1, 0.15) is 6.92 Å². The van der Waals surface area contributed by atoms with Crippen molar-refractivity contribution in [1.82, 2.24) is 0 Å². The van der Waals surface area contributed by atoms with E-state index < -0.39 is 23.8 Å². The highest BCUT2D eigenvalue weighted by molar-refractivity contribution is 6.49. The van der Waals surface area contributed by atoms with Crippen molar-refractivity contribution in [3.63, 3.8) is 0 Å². The number of hydrogen-bond acceptors (Lipinski definition) is 6. The summed E-state index contributed by atoms with van der Waals surface area (Å²) in [6, 6.07) is 12.6. The maximum atomic E-state index is 13.3. The standard InChI is InChI=1S/C20H16ClN3O4/c1-11(25)17-16-18(24(22-17)13-7-5-6-12(21)10-13)20(27)23(19(16)26)14-8-3-4-9-15(14)28-2/h3-10,16,18H,1-2H3/t16-,18-/m0/s1. The monoisotopic (exact) mass is 397 g/mol. The number of Topliss-reactive ketones (excluding diaryl/α,β-unsaturated/α-hetero) is 1. The molecular weight excluding hydrogens is 382 g/mol. The summed E-state index contributed by atoms with van der Waals surface area (Å²) < 4.78 is 5.30. The van der Waals surface area contributed by atoms with Crippen molar-refractivity contribution in [3.05, 3.63) is 53.6 Å². The molecule has 142 valence electrons. The molecule has 4 rings (SSSR count). The molecule has 2 atom stereocenters. The lowest BCUT2D eigenvalue weighted by molar-refractivity contribution is -0.122. The number of carbonyl (C=O) groups is 3. The summed E-state index contributed by atoms with van der Waals surface area (Å²) in [6.07, 6.45) is 0. The number of fused-ring (bicyclic) bond motifs is 1. The summed E-state index contributed by atoms with van der Waals surface area (Å²) >= 11 is 6.07. The van der Waals surface area contributed by atoms with Crippen molar-refractivity contribution < 1.29 is 19.1 Å². The number of nitrogens with zero attached hydrogens (tertiary/aromatic N) is 3. The third-order valence-electron chi connectivity index (χ3n) is 4.81. The number of rotatable bonds is 4. The van der Waals surface area contributed by atoms with Crippen LogP contribution in [-0.2, 0) is 14.4 Å². The Bertz CT molecular complexity index is 1040. The zero-order valence-electron chi connectivity index (χ0n) is 15.1. The van der Waals surface area contributed by atoms with Crippen LogP contribution in [0.5, 0.6) is 5.75 Å². The number of ether oxygens (including phenoxy) is 1. The molecule has 2 amide bonds. The first-order chi connectivity index (χ1) is 13.4. The highest BCUT2D eigenvalue weighted by Crippen LogP contribution is 2.40. The summed E-state index contributed by atoms with van der Waals surface area (Å²) in [4.78, 5) is 39.7. The zero-order valence-corrected chi connectivity index (χ0v) is 15.9. The van der Waals surface area contributed by atoms with Gasteiger partial charge in [-0.15, -0.1) is 0 Å². The summed E-state index contributed by atoms with van der Waals surface area (Å²) in [5.41, 5.74) is 0.922. The van der Waals surface area contributed by atoms with E-state index in [2.05, 4.69) is 5.10 Å². The Morgan fingerprint density at radius 3 is 2.54 bits per heavy atom. The molecule has 0 N–H and O–H groups in total. The van der Waals surface area contributed by atoms with E-state index in [4.69, 9.17) is 16.3 Å². The first-order valence-electron chi connectivity index (χ1n) is 8.59. The van der Waals surface area contributed by atoms with Gasteiger partial charge in [0.25, 0.3) is 5.91 Å². The molecule has 0 spiro atoms. The van der Waals surface area contributed by atoms with E-state index in [1.807, 2.05) is 0 Å². The molecule has 1 saturated heterocycles. The maximum Gasteiger partial charge on any atom is 0.260 e. The van der Waals surface area contributed by atoms with Gasteiger partial charge in [0.1, 0.15) is 23.4 Å². The van der Waals surface area contributed by atoms with Gasteiger partial charge in [-0.05, 0) is 30.3 Å². The number of hydrogen-bond donors (Lipinski definition) is 0. The second kappa shape index (κ2) is 6.76. The summed E-state index contributed by atoms with van der Waals surface area (Å²) in [5.74, 6) is -1.92. The van der Waals surface area contributed by atoms with Gasteiger partial charge < -0.3 is 4.74 Å². The second-order valence-corrected chi connectivity index (χ2v) is 6.91. The zero-order chi connectivity index (χ0) is 20.0. The minimum atomic E-state index is -0.978. The van der Waals surface area contributed by atoms with Crippen molar-refractivity contribution in [1.29, 1.82) is 0 Å². The van der Waals surface area contributed by atoms with Gasteiger partial charge in [-0.1, -0.05) is 29.8 Å². The average molecular weight is 398 g/mol. The molecule has 0 aromatic heterocycles. The molecule has 8 heteroatoms. The Balaban J connectivity index is 1.83. The van der Waals surface area contributed by atoms with Crippen LogP contribution in [0.3, 0.4) is 0 Å². The first-order valence-corrected chi connectivity index (χ1v) is 8.97. The molecule has 2 aliphatic rings. The SMILES string of the molecule is COc1ccccc1N1C(=O)[C@H]2C(C(C)=O)=NN(c3cccc(Cl)c3)[C@@H]2C1=O. The topological polar surface area (TPSA) is 79.3 Å². The highest BCUT2D eigenvalue weighted by atomic mass is 35.5. The number of anilines is 2. The number of amides is 2. The average Bonchev–Trinajstić information content (AvgIpc) is 3.19. The van der Waals surface area contributed by atoms with Crippen molar-refractivity contribution >= 4 is 46.3 Å². The van der Waals surface area contributed by atoms with Gasteiger partial charge in [-0.3, -0.25) is 19.4 Å². The van der Waals surface area contributed by atoms with Crippen LogP contribution in [0.4, 0.5) is 11.4 Å². The Morgan fingerprint density at radius 1 is 1.11 bits per heavy atom. The molecule has 0 aliphatic carbocycles. The molecule has 28 heavy (non-hydrogen) atoms. The Labute approximate surface area is 166 Å². The van der Waals surface area contributed by atoms with Crippen LogP contribution in [0, 0.1) is 5.92 Å². The van der Waals surface area contributed by atoms with E-state index in [0.717, 1.165) is 4.90 Å². The number of benzene rings is 2. The third kappa shape index (κ3) is 2.66. The van der Waals surface area contributed by atoms with E-state index in [-0.39, 0.29) is 11.5 Å². The van der Waals surface area contributed by atoms with E-state index in [1.165, 1.54) is 19.0 Å². The molecule has 0 saturated carbocycles. The quantitative estimate of drug-likeness (QED) is 0.741. The highest BCUT2D eigenvalue weighted by Gasteiger charge is 2.58. The van der Waals surface area contributed by atoms with E-state index in [0.29, 0.717) is 22.1 Å². The predicted molar refractivity (Wildman–Crippen MR) is 105 cm³/mol. The summed E-state index contributed by atoms with van der Waals surface area (Å²) in [6.45, 7) is 1.33. The predicted octanol–water partition coefficient (Wildman–Crippen LogP) is 2.67. The molecule has 0 unspecified atom stereocenters. The molecule has 0 bridgehead atoms. The van der Waals surface area contributed by atoms with Crippen LogP contribution in [-0.4, -0.2) is 36.5 Å². The summed E-state index contributed by atoms with van der Waals surface area (Å²) in [7, 11) is 1.46. The number of halogens is 1. The Morgan fingerprint density at radius 2 is 1.86 bits per heavy atom. The van der Waals surface area contributed by atoms with Crippen molar-refractivity contribution in [3.8, 4) is 5.75 Å². The van der Waals surface area contributed by atoms with Crippen molar-refractivity contribution in [2.75, 3.05) is 17.0 Å². The third-order valence-corrected chi connectivity index (χ3v) is 5.04. The fourth-order valence-corrected chi connectivity index (χ4v) is 3.77. The number of imide groups is 1. The normalized spacial score (nSPS) is 21.0. The second-order valence-electron chi connectivity index (χ2n) is 6.47. The molecule has 1 fully saturated rings. The molecule has 7 nitrogen and oxygen atoms in total. The maximum absolute atomic E-state index is 13.3. The van der Waals surface area contributed by atoms with Gasteiger partial charge in [0.2, 0.25) is 5.91 Å². The number of methoxy groups -OCH3 is 1. The lowest BCUT2D eigenvalue weighted by Gasteiger charge is -2.23. The fourth-order valence-electron chi connectivity index (χ4n) is 3.59. The summed E-state index contributed by atoms with van der Waals surface area (Å²) in [5, 5.41) is 6.16. The number of carbonyl (C=O) groups excluding carboxylic acids is 3. The van der Waals surface area contributed by atoms with Gasteiger partial charge in [0.15, 0.2) is 5.78 Å². The Kier molecular flexibility index (Phi) is 4.39. The van der Waals surface area contributed by atoms with Crippen LogP contribution in [0.2, 0.25) is 5.02 Å². The van der Waals surface area contributed by atoms with Gasteiger partial charge in [-0.2, -0.15) is 5.10 Å². The van der Waals surface area contributed by atoms with E-state index in [9.17, 15) is 14.4 Å². The van der Waals surface area contributed by atoms with Crippen LogP contribution in [0.25, 0.3) is 0 Å². The van der Waals surface area contributed by atoms with Gasteiger partial charge >= 0.3 is 0 Å². The van der Waals surface area contributed by atoms with Gasteiger partial charge in [-0.25, -0.2) is 4.90 Å². The molecule has 2 aromatic carbocycles. The molecule has 0 radical (unpaired) electrons. The largest absolute Gasteiger partial charge is 0.495 e. The van der Waals surface area contributed by atoms with Crippen LogP contribution < -0.4 is 14.6 Å². The lowest BCUT2D eigenvalue weighted by Crippen LogP contribution is -2.39. The van der Waals surface area contributed by atoms with Gasteiger partial charge in [0.05, 0.1) is 18.5 Å². The number of ketones is 1. The van der Waals surface area contributed by atoms with Crippen LogP contribution >= 0.6 is 11.6 Å². The lowest BCUT2D eigenvalue weighted by atomic mass is 9.95. The van der Waals surface area contributed by atoms with Crippen molar-refractivity contribution in [2.45, 2.75) is 13.0 Å². The number of hydrazone groups is 1. The smallest absolute Gasteiger partial charge is 0.260 e. The Hall–Kier alpha value is -3.19. The van der Waals surface area contributed by atoms with Gasteiger partial charge in [0, 0.05) is 11.9 Å². The molecule has 2 aromatic rings. The van der Waals surface area contributed by atoms with E-state index in [1.54, 1.807) is 48.5 Å². The first kappa shape index (κ1) is 18.2.